The van der Waals surface area contributed by atoms with Crippen LogP contribution in [0.5, 0.6) is 0 Å². The van der Waals surface area contributed by atoms with Crippen molar-refractivity contribution in [2.45, 2.75) is 52.2 Å². The second-order valence-corrected chi connectivity index (χ2v) is 5.14. The fourth-order valence-electron chi connectivity index (χ4n) is 1.28. The molecule has 1 atom stereocenters. The summed E-state index contributed by atoms with van der Waals surface area (Å²) in [4.78, 5) is 11.8. The number of aryl methyl sites for hydroxylation is 1. The summed E-state index contributed by atoms with van der Waals surface area (Å²) in [5, 5.41) is 10.2. The van der Waals surface area contributed by atoms with Crippen molar-refractivity contribution in [3.63, 3.8) is 0 Å². The van der Waals surface area contributed by atoms with Gasteiger partial charge in [-0.25, -0.2) is 4.79 Å². The first-order valence-electron chi connectivity index (χ1n) is 5.68. The zero-order valence-electron chi connectivity index (χ0n) is 10.8. The van der Waals surface area contributed by atoms with E-state index in [1.807, 2.05) is 27.7 Å². The van der Waals surface area contributed by atoms with E-state index < -0.39 is 11.6 Å². The molecule has 0 saturated heterocycles. The van der Waals surface area contributed by atoms with Gasteiger partial charge in [0, 0.05) is 6.04 Å². The van der Waals surface area contributed by atoms with Gasteiger partial charge in [0.15, 0.2) is 5.69 Å². The van der Waals surface area contributed by atoms with E-state index in [-0.39, 0.29) is 11.7 Å². The average Bonchev–Trinajstić information content (AvgIpc) is 2.59. The Kier molecular flexibility index (Phi) is 4.22. The molecule has 0 aromatic carbocycles. The third-order valence-electron chi connectivity index (χ3n) is 2.05. The lowest BCUT2D eigenvalue weighted by Gasteiger charge is -2.18. The fourth-order valence-corrected chi connectivity index (χ4v) is 1.28. The number of aromatic nitrogens is 3. The molecular formula is C11H20N4O2. The van der Waals surface area contributed by atoms with E-state index in [9.17, 15) is 4.79 Å². The quantitative estimate of drug-likeness (QED) is 0.767. The molecule has 1 heterocycles. The van der Waals surface area contributed by atoms with Gasteiger partial charge >= 0.3 is 5.97 Å². The van der Waals surface area contributed by atoms with Gasteiger partial charge in [-0.3, -0.25) is 0 Å². The highest BCUT2D eigenvalue weighted by molar-refractivity contribution is 5.88. The molecule has 1 rings (SSSR count). The highest BCUT2D eigenvalue weighted by Crippen LogP contribution is 2.13. The number of carbonyl (C=O) groups is 1. The number of hydrogen-bond donors (Lipinski definition) is 2. The van der Waals surface area contributed by atoms with Crippen molar-refractivity contribution in [3.05, 3.63) is 11.4 Å². The van der Waals surface area contributed by atoms with E-state index in [4.69, 9.17) is 10.5 Å². The number of nitrogens with one attached hydrogen (secondary N) is 1. The smallest absolute Gasteiger partial charge is 0.361 e. The molecule has 0 amide bonds. The molecule has 0 bridgehead atoms. The van der Waals surface area contributed by atoms with Gasteiger partial charge < -0.3 is 10.5 Å². The van der Waals surface area contributed by atoms with Crippen LogP contribution in [0.25, 0.3) is 0 Å². The highest BCUT2D eigenvalue weighted by atomic mass is 16.6. The maximum absolute atomic E-state index is 11.8. The van der Waals surface area contributed by atoms with E-state index in [1.54, 1.807) is 0 Å². The Morgan fingerprint density at radius 3 is 2.65 bits per heavy atom. The van der Waals surface area contributed by atoms with Crippen LogP contribution < -0.4 is 5.73 Å². The Balaban J connectivity index is 2.71. The summed E-state index contributed by atoms with van der Waals surface area (Å²) in [7, 11) is 0. The Morgan fingerprint density at radius 2 is 2.12 bits per heavy atom. The van der Waals surface area contributed by atoms with E-state index in [0.717, 1.165) is 6.42 Å². The minimum atomic E-state index is -0.533. The number of aromatic amines is 1. The minimum Gasteiger partial charge on any atom is -0.455 e. The van der Waals surface area contributed by atoms with Gasteiger partial charge in [-0.05, 0) is 40.5 Å². The lowest BCUT2D eigenvalue weighted by atomic mass is 10.1. The van der Waals surface area contributed by atoms with Crippen LogP contribution in [0.2, 0.25) is 0 Å². The molecule has 0 aliphatic rings. The van der Waals surface area contributed by atoms with Gasteiger partial charge in [-0.15, -0.1) is 5.10 Å². The summed E-state index contributed by atoms with van der Waals surface area (Å²) in [5.74, 6) is -0.453. The van der Waals surface area contributed by atoms with Crippen molar-refractivity contribution in [1.82, 2.24) is 15.4 Å². The molecule has 0 fully saturated rings. The summed E-state index contributed by atoms with van der Waals surface area (Å²) < 4.78 is 5.24. The fraction of sp³-hybridized carbons (Fsp3) is 0.727. The Hall–Kier alpha value is -1.43. The first-order chi connectivity index (χ1) is 7.79. The molecule has 0 aliphatic heterocycles. The second-order valence-electron chi connectivity index (χ2n) is 5.14. The Bertz CT molecular complexity index is 379. The highest BCUT2D eigenvalue weighted by Gasteiger charge is 2.23. The SMILES string of the molecule is CC(N)CCc1n[nH]nc1C(=O)OC(C)(C)C. The predicted molar refractivity (Wildman–Crippen MR) is 63.5 cm³/mol. The van der Waals surface area contributed by atoms with Crippen LogP contribution in [0.1, 0.15) is 50.3 Å². The largest absolute Gasteiger partial charge is 0.455 e. The van der Waals surface area contributed by atoms with E-state index in [0.29, 0.717) is 12.1 Å². The van der Waals surface area contributed by atoms with Crippen LogP contribution in [0.15, 0.2) is 0 Å². The second kappa shape index (κ2) is 5.27. The summed E-state index contributed by atoms with van der Waals surface area (Å²) in [5.41, 5.74) is 5.99. The minimum absolute atomic E-state index is 0.0678. The average molecular weight is 240 g/mol. The van der Waals surface area contributed by atoms with Crippen LogP contribution in [-0.2, 0) is 11.2 Å². The molecule has 0 spiro atoms. The molecule has 6 nitrogen and oxygen atoms in total. The van der Waals surface area contributed by atoms with E-state index >= 15 is 0 Å². The number of rotatable bonds is 4. The van der Waals surface area contributed by atoms with Crippen molar-refractivity contribution in [1.29, 1.82) is 0 Å². The molecule has 17 heavy (non-hydrogen) atoms. The number of nitrogens with zero attached hydrogens (tertiary/aromatic N) is 2. The third kappa shape index (κ3) is 4.52. The number of hydrogen-bond acceptors (Lipinski definition) is 5. The molecule has 0 saturated carbocycles. The van der Waals surface area contributed by atoms with Crippen LogP contribution in [0, 0.1) is 0 Å². The number of nitrogens with two attached hydrogens (primary N) is 1. The van der Waals surface area contributed by atoms with Crippen LogP contribution in [0.3, 0.4) is 0 Å². The number of ether oxygens (including phenoxy) is 1. The first-order valence-corrected chi connectivity index (χ1v) is 5.68. The molecule has 1 aromatic rings. The molecule has 0 radical (unpaired) electrons. The lowest BCUT2D eigenvalue weighted by molar-refractivity contribution is 0.00615. The predicted octanol–water partition coefficient (Wildman–Crippen LogP) is 1.04. The Labute approximate surface area is 101 Å². The van der Waals surface area contributed by atoms with Gasteiger partial charge in [0.1, 0.15) is 5.60 Å². The van der Waals surface area contributed by atoms with Crippen LogP contribution in [-0.4, -0.2) is 33.0 Å². The summed E-state index contributed by atoms with van der Waals surface area (Å²) in [6, 6.07) is 0.0678. The van der Waals surface area contributed by atoms with Gasteiger partial charge in [0.25, 0.3) is 0 Å². The molecule has 1 aromatic heterocycles. The maximum atomic E-state index is 11.8. The van der Waals surface area contributed by atoms with E-state index in [2.05, 4.69) is 15.4 Å². The molecule has 0 aliphatic carbocycles. The number of esters is 1. The van der Waals surface area contributed by atoms with E-state index in [1.165, 1.54) is 0 Å². The number of H-pyrrole nitrogens is 1. The zero-order chi connectivity index (χ0) is 13.1. The third-order valence-corrected chi connectivity index (χ3v) is 2.05. The topological polar surface area (TPSA) is 93.9 Å². The van der Waals surface area contributed by atoms with Crippen molar-refractivity contribution < 1.29 is 9.53 Å². The van der Waals surface area contributed by atoms with Crippen molar-refractivity contribution in [3.8, 4) is 0 Å². The zero-order valence-corrected chi connectivity index (χ0v) is 10.8. The van der Waals surface area contributed by atoms with Gasteiger partial charge in [-0.1, -0.05) is 0 Å². The van der Waals surface area contributed by atoms with Gasteiger partial charge in [0.2, 0.25) is 0 Å². The summed E-state index contributed by atoms with van der Waals surface area (Å²) in [6.45, 7) is 7.35. The van der Waals surface area contributed by atoms with Gasteiger partial charge in [-0.2, -0.15) is 10.3 Å². The van der Waals surface area contributed by atoms with Crippen LogP contribution >= 0.6 is 0 Å². The molecule has 6 heteroatoms. The van der Waals surface area contributed by atoms with Crippen molar-refractivity contribution in [2.24, 2.45) is 5.73 Å². The van der Waals surface area contributed by atoms with Crippen molar-refractivity contribution >= 4 is 5.97 Å². The molecular weight excluding hydrogens is 220 g/mol. The number of carbonyl (C=O) groups excluding carboxylic acids is 1. The molecule has 96 valence electrons. The molecule has 3 N–H and O–H groups in total. The van der Waals surface area contributed by atoms with Crippen molar-refractivity contribution in [2.75, 3.05) is 0 Å². The normalized spacial score (nSPS) is 13.5. The summed E-state index contributed by atoms with van der Waals surface area (Å²) in [6.07, 6.45) is 1.37. The molecule has 1 unspecified atom stereocenters. The first kappa shape index (κ1) is 13.6. The van der Waals surface area contributed by atoms with Crippen LogP contribution in [0.4, 0.5) is 0 Å². The maximum Gasteiger partial charge on any atom is 0.361 e. The monoisotopic (exact) mass is 240 g/mol. The standard InChI is InChI=1S/C11H20N4O2/c1-7(12)5-6-8-9(14-15-13-8)10(16)17-11(2,3)4/h7H,5-6,12H2,1-4H3,(H,13,14,15). The van der Waals surface area contributed by atoms with Gasteiger partial charge in [0.05, 0.1) is 5.69 Å². The Morgan fingerprint density at radius 1 is 1.47 bits per heavy atom. The lowest BCUT2D eigenvalue weighted by Crippen LogP contribution is -2.25. The summed E-state index contributed by atoms with van der Waals surface area (Å²) >= 11 is 0.